The van der Waals surface area contributed by atoms with E-state index in [1.54, 1.807) is 0 Å². The van der Waals surface area contributed by atoms with Crippen molar-refractivity contribution in [3.05, 3.63) is 133 Å². The summed E-state index contributed by atoms with van der Waals surface area (Å²) in [5.41, 5.74) is 17.4. The Morgan fingerprint density at radius 1 is 0.535 bits per heavy atom. The molecule has 0 spiro atoms. The van der Waals surface area contributed by atoms with E-state index in [4.69, 9.17) is 5.73 Å². The average molecular weight is 573 g/mol. The first-order valence-electron chi connectivity index (χ1n) is 14.8. The molecule has 0 fully saturated rings. The molecular formula is C40H32N2S. The lowest BCUT2D eigenvalue weighted by Gasteiger charge is -2.24. The van der Waals surface area contributed by atoms with E-state index in [2.05, 4.69) is 153 Å². The summed E-state index contributed by atoms with van der Waals surface area (Å²) in [7, 11) is 0. The summed E-state index contributed by atoms with van der Waals surface area (Å²) in [6, 6.07) is 46.0. The molecule has 208 valence electrons. The molecule has 0 aliphatic heterocycles. The SMILES string of the molecule is CC(C)(C)c1cc(-c2cccc3sc4ccccc4c23)c(N)c(-c2cccc3c2c2ccccc2n3-c2ccccc2)c1. The van der Waals surface area contributed by atoms with Gasteiger partial charge in [0.15, 0.2) is 0 Å². The fourth-order valence-corrected chi connectivity index (χ4v) is 7.76. The van der Waals surface area contributed by atoms with E-state index in [-0.39, 0.29) is 5.41 Å². The number of para-hydroxylation sites is 2. The quantitative estimate of drug-likeness (QED) is 0.210. The Labute approximate surface area is 255 Å². The third-order valence-corrected chi connectivity index (χ3v) is 9.88. The maximum atomic E-state index is 7.31. The molecule has 3 heteroatoms. The van der Waals surface area contributed by atoms with Crippen molar-refractivity contribution in [2.45, 2.75) is 26.2 Å². The van der Waals surface area contributed by atoms with Gasteiger partial charge in [-0.3, -0.25) is 0 Å². The van der Waals surface area contributed by atoms with Gasteiger partial charge in [0, 0.05) is 53.4 Å². The van der Waals surface area contributed by atoms with Crippen LogP contribution in [-0.4, -0.2) is 4.57 Å². The Morgan fingerprint density at radius 3 is 1.86 bits per heavy atom. The van der Waals surface area contributed by atoms with Gasteiger partial charge in [0.05, 0.1) is 11.0 Å². The molecule has 0 bridgehead atoms. The van der Waals surface area contributed by atoms with E-state index in [9.17, 15) is 0 Å². The van der Waals surface area contributed by atoms with E-state index >= 15 is 0 Å². The highest BCUT2D eigenvalue weighted by Crippen LogP contribution is 2.47. The van der Waals surface area contributed by atoms with Crippen LogP contribution < -0.4 is 5.73 Å². The highest BCUT2D eigenvalue weighted by atomic mass is 32.1. The summed E-state index contributed by atoms with van der Waals surface area (Å²) in [4.78, 5) is 0. The van der Waals surface area contributed by atoms with Crippen molar-refractivity contribution in [2.24, 2.45) is 0 Å². The monoisotopic (exact) mass is 572 g/mol. The first-order chi connectivity index (χ1) is 20.9. The highest BCUT2D eigenvalue weighted by Gasteiger charge is 2.23. The molecule has 0 radical (unpaired) electrons. The van der Waals surface area contributed by atoms with Crippen molar-refractivity contribution in [3.8, 4) is 27.9 Å². The molecule has 0 saturated heterocycles. The Kier molecular flexibility index (Phi) is 5.76. The normalized spacial score (nSPS) is 12.2. The Bertz CT molecular complexity index is 2330. The third kappa shape index (κ3) is 4.00. The van der Waals surface area contributed by atoms with Gasteiger partial charge in [0.25, 0.3) is 0 Å². The molecule has 0 saturated carbocycles. The minimum Gasteiger partial charge on any atom is -0.398 e. The van der Waals surface area contributed by atoms with Crippen LogP contribution in [0.2, 0.25) is 0 Å². The number of anilines is 1. The zero-order valence-corrected chi connectivity index (χ0v) is 25.4. The van der Waals surface area contributed by atoms with Crippen LogP contribution in [0.25, 0.3) is 69.9 Å². The molecule has 43 heavy (non-hydrogen) atoms. The first kappa shape index (κ1) is 25.8. The van der Waals surface area contributed by atoms with Gasteiger partial charge in [-0.2, -0.15) is 0 Å². The number of rotatable bonds is 3. The van der Waals surface area contributed by atoms with Crippen LogP contribution in [0.3, 0.4) is 0 Å². The maximum Gasteiger partial charge on any atom is 0.0547 e. The van der Waals surface area contributed by atoms with Gasteiger partial charge in [-0.25, -0.2) is 0 Å². The summed E-state index contributed by atoms with van der Waals surface area (Å²) >= 11 is 1.85. The molecule has 0 aliphatic rings. The zero-order valence-electron chi connectivity index (χ0n) is 24.6. The standard InChI is InChI=1S/C40H32N2S/c1-40(2,3)25-23-31(39(41)32(24-25)28-18-12-22-36-38(28)30-16-8-10-21-35(30)43-36)27-17-11-20-34-37(27)29-15-7-9-19-33(29)42(34)26-13-5-4-6-14-26/h4-24H,41H2,1-3H3. The minimum absolute atomic E-state index is 0.0618. The molecule has 2 aromatic heterocycles. The van der Waals surface area contributed by atoms with Crippen LogP contribution in [0.1, 0.15) is 26.3 Å². The number of hydrogen-bond donors (Lipinski definition) is 1. The second-order valence-corrected chi connectivity index (χ2v) is 13.5. The van der Waals surface area contributed by atoms with Crippen LogP contribution in [0.15, 0.2) is 127 Å². The van der Waals surface area contributed by atoms with Gasteiger partial charge in [-0.1, -0.05) is 99.6 Å². The summed E-state index contributed by atoms with van der Waals surface area (Å²) in [6.07, 6.45) is 0. The number of nitrogens with two attached hydrogens (primary N) is 1. The van der Waals surface area contributed by atoms with Crippen molar-refractivity contribution in [3.63, 3.8) is 0 Å². The molecule has 2 N–H and O–H groups in total. The minimum atomic E-state index is -0.0618. The number of fused-ring (bicyclic) bond motifs is 6. The van der Waals surface area contributed by atoms with Crippen molar-refractivity contribution < 1.29 is 0 Å². The van der Waals surface area contributed by atoms with E-state index in [1.165, 1.54) is 53.1 Å². The van der Waals surface area contributed by atoms with Crippen molar-refractivity contribution >= 4 is 59.0 Å². The number of nitrogen functional groups attached to an aromatic ring is 1. The second kappa shape index (κ2) is 9.58. The predicted octanol–water partition coefficient (Wildman–Crippen LogP) is 11.4. The largest absolute Gasteiger partial charge is 0.398 e. The van der Waals surface area contributed by atoms with E-state index < -0.39 is 0 Å². The predicted molar refractivity (Wildman–Crippen MR) is 188 cm³/mol. The van der Waals surface area contributed by atoms with Crippen molar-refractivity contribution in [1.82, 2.24) is 4.57 Å². The lowest BCUT2D eigenvalue weighted by Crippen LogP contribution is -2.12. The molecule has 8 rings (SSSR count). The Balaban J connectivity index is 1.48. The van der Waals surface area contributed by atoms with Gasteiger partial charge in [0.1, 0.15) is 0 Å². The number of nitrogens with zero attached hydrogens (tertiary/aromatic N) is 1. The maximum absolute atomic E-state index is 7.31. The molecule has 0 amide bonds. The van der Waals surface area contributed by atoms with Gasteiger partial charge in [0.2, 0.25) is 0 Å². The highest BCUT2D eigenvalue weighted by molar-refractivity contribution is 7.25. The lowest BCUT2D eigenvalue weighted by molar-refractivity contribution is 0.591. The number of hydrogen-bond acceptors (Lipinski definition) is 2. The van der Waals surface area contributed by atoms with Crippen molar-refractivity contribution in [1.29, 1.82) is 0 Å². The third-order valence-electron chi connectivity index (χ3n) is 8.74. The summed E-state index contributed by atoms with van der Waals surface area (Å²) in [5.74, 6) is 0. The fourth-order valence-electron chi connectivity index (χ4n) is 6.63. The van der Waals surface area contributed by atoms with E-state index in [0.717, 1.165) is 28.1 Å². The number of benzene rings is 6. The number of aromatic nitrogens is 1. The summed E-state index contributed by atoms with van der Waals surface area (Å²) < 4.78 is 4.96. The van der Waals surface area contributed by atoms with Crippen molar-refractivity contribution in [2.75, 3.05) is 5.73 Å². The molecule has 6 aromatic carbocycles. The van der Waals surface area contributed by atoms with Crippen LogP contribution in [-0.2, 0) is 5.41 Å². The molecule has 2 nitrogen and oxygen atoms in total. The lowest BCUT2D eigenvalue weighted by atomic mass is 9.81. The van der Waals surface area contributed by atoms with Gasteiger partial charge in [-0.05, 0) is 70.6 Å². The molecule has 0 aliphatic carbocycles. The van der Waals surface area contributed by atoms with Crippen LogP contribution in [0, 0.1) is 0 Å². The Morgan fingerprint density at radius 2 is 1.12 bits per heavy atom. The topological polar surface area (TPSA) is 30.9 Å². The van der Waals surface area contributed by atoms with Gasteiger partial charge in [-0.15, -0.1) is 11.3 Å². The fraction of sp³-hybridized carbons (Fsp3) is 0.100. The van der Waals surface area contributed by atoms with Gasteiger partial charge < -0.3 is 10.3 Å². The molecule has 8 aromatic rings. The van der Waals surface area contributed by atoms with Gasteiger partial charge >= 0.3 is 0 Å². The summed E-state index contributed by atoms with van der Waals surface area (Å²) in [6.45, 7) is 6.86. The average Bonchev–Trinajstić information content (AvgIpc) is 3.57. The first-order valence-corrected chi connectivity index (χ1v) is 15.6. The molecule has 0 atom stereocenters. The Hall–Kier alpha value is -4.86. The smallest absolute Gasteiger partial charge is 0.0547 e. The molecule has 2 heterocycles. The molecular weight excluding hydrogens is 541 g/mol. The van der Waals surface area contributed by atoms with Crippen LogP contribution in [0.4, 0.5) is 5.69 Å². The van der Waals surface area contributed by atoms with Crippen LogP contribution >= 0.6 is 11.3 Å². The van der Waals surface area contributed by atoms with E-state index in [1.807, 2.05) is 11.3 Å². The molecule has 0 unspecified atom stereocenters. The second-order valence-electron chi connectivity index (χ2n) is 12.4. The summed E-state index contributed by atoms with van der Waals surface area (Å²) in [5, 5.41) is 5.02. The zero-order chi connectivity index (χ0) is 29.3. The van der Waals surface area contributed by atoms with Crippen LogP contribution in [0.5, 0.6) is 0 Å². The number of thiophene rings is 1. The van der Waals surface area contributed by atoms with E-state index in [0.29, 0.717) is 0 Å².